The highest BCUT2D eigenvalue weighted by atomic mass is 32.1. The summed E-state index contributed by atoms with van der Waals surface area (Å²) in [6.45, 7) is 3.51. The van der Waals surface area contributed by atoms with E-state index in [2.05, 4.69) is 34.3 Å². The first-order chi connectivity index (χ1) is 12.8. The minimum absolute atomic E-state index is 0.162. The van der Waals surface area contributed by atoms with Crippen LogP contribution < -0.4 is 10.2 Å². The van der Waals surface area contributed by atoms with Crippen LogP contribution in [0.15, 0.2) is 36.7 Å². The molecule has 0 saturated carbocycles. The second kappa shape index (κ2) is 7.41. The Balaban J connectivity index is 1.43. The summed E-state index contributed by atoms with van der Waals surface area (Å²) in [6.07, 6.45) is 5.10. The quantitative estimate of drug-likeness (QED) is 0.740. The van der Waals surface area contributed by atoms with E-state index in [9.17, 15) is 4.79 Å². The molecule has 0 saturated heterocycles. The van der Waals surface area contributed by atoms with Gasteiger partial charge in [-0.3, -0.25) is 4.79 Å². The van der Waals surface area contributed by atoms with Gasteiger partial charge in [-0.2, -0.15) is 0 Å². The van der Waals surface area contributed by atoms with E-state index in [-0.39, 0.29) is 5.91 Å². The van der Waals surface area contributed by atoms with Gasteiger partial charge in [0.25, 0.3) is 0 Å². The summed E-state index contributed by atoms with van der Waals surface area (Å²) in [4.78, 5) is 25.6. The molecular weight excluding hydrogens is 344 g/mol. The third-order valence-electron chi connectivity index (χ3n) is 4.77. The predicted molar refractivity (Wildman–Crippen MR) is 107 cm³/mol. The fourth-order valence-corrected chi connectivity index (χ4v) is 4.37. The maximum Gasteiger partial charge on any atom is 0.228 e. The standard InChI is InChI=1S/C20H22N4OS/c1-2-15-12-16-19(22-13-23-20(16)26-15)21-10-9-18(25)24-11-5-7-14-6-3-4-8-17(14)24/h3-4,6,8,12-13H,2,5,7,9-11H2,1H3,(H,21,22,23). The van der Waals surface area contributed by atoms with Crippen LogP contribution in [-0.4, -0.2) is 29.0 Å². The topological polar surface area (TPSA) is 58.1 Å². The molecule has 6 heteroatoms. The molecular formula is C20H22N4OS. The number of aromatic nitrogens is 2. The Kier molecular flexibility index (Phi) is 4.84. The number of aryl methyl sites for hydroxylation is 2. The van der Waals surface area contributed by atoms with Gasteiger partial charge < -0.3 is 10.2 Å². The van der Waals surface area contributed by atoms with E-state index in [1.807, 2.05) is 23.1 Å². The molecule has 4 rings (SSSR count). The Labute approximate surface area is 157 Å². The molecule has 3 heterocycles. The van der Waals surface area contributed by atoms with Gasteiger partial charge in [0, 0.05) is 30.1 Å². The average molecular weight is 366 g/mol. The summed E-state index contributed by atoms with van der Waals surface area (Å²) in [6, 6.07) is 10.4. The molecule has 3 aromatic rings. The van der Waals surface area contributed by atoms with Crippen LogP contribution in [-0.2, 0) is 17.6 Å². The molecule has 0 atom stereocenters. The van der Waals surface area contributed by atoms with Gasteiger partial charge in [0.1, 0.15) is 17.0 Å². The Morgan fingerprint density at radius 2 is 2.19 bits per heavy atom. The molecule has 1 aliphatic heterocycles. The normalized spacial score (nSPS) is 13.7. The molecule has 0 unspecified atom stereocenters. The number of rotatable bonds is 5. The number of benzene rings is 1. The number of nitrogens with zero attached hydrogens (tertiary/aromatic N) is 3. The molecule has 0 radical (unpaired) electrons. The molecule has 0 fully saturated rings. The van der Waals surface area contributed by atoms with E-state index in [4.69, 9.17) is 0 Å². The number of thiophene rings is 1. The monoisotopic (exact) mass is 366 g/mol. The van der Waals surface area contributed by atoms with E-state index in [1.165, 1.54) is 10.4 Å². The summed E-state index contributed by atoms with van der Waals surface area (Å²) in [5.41, 5.74) is 2.33. The van der Waals surface area contributed by atoms with Crippen molar-refractivity contribution in [2.24, 2.45) is 0 Å². The maximum absolute atomic E-state index is 12.7. The van der Waals surface area contributed by atoms with Crippen LogP contribution in [0.25, 0.3) is 10.2 Å². The molecule has 2 aromatic heterocycles. The van der Waals surface area contributed by atoms with Crippen molar-refractivity contribution in [3.63, 3.8) is 0 Å². The third-order valence-corrected chi connectivity index (χ3v) is 5.96. The largest absolute Gasteiger partial charge is 0.369 e. The van der Waals surface area contributed by atoms with Gasteiger partial charge >= 0.3 is 0 Å². The van der Waals surface area contributed by atoms with E-state index in [1.54, 1.807) is 17.7 Å². The van der Waals surface area contributed by atoms with E-state index in [0.717, 1.165) is 47.5 Å². The average Bonchev–Trinajstić information content (AvgIpc) is 3.11. The molecule has 134 valence electrons. The number of amides is 1. The van der Waals surface area contributed by atoms with E-state index < -0.39 is 0 Å². The molecule has 1 N–H and O–H groups in total. The van der Waals surface area contributed by atoms with Gasteiger partial charge in [-0.25, -0.2) is 9.97 Å². The molecule has 1 aliphatic rings. The van der Waals surface area contributed by atoms with Crippen LogP contribution in [0.1, 0.15) is 30.2 Å². The zero-order valence-corrected chi connectivity index (χ0v) is 15.7. The first-order valence-electron chi connectivity index (χ1n) is 9.12. The number of fused-ring (bicyclic) bond motifs is 2. The fraction of sp³-hybridized carbons (Fsp3) is 0.350. The number of para-hydroxylation sites is 1. The Morgan fingerprint density at radius 1 is 1.31 bits per heavy atom. The van der Waals surface area contributed by atoms with Crippen LogP contribution in [0.4, 0.5) is 11.5 Å². The van der Waals surface area contributed by atoms with Crippen LogP contribution in [0.3, 0.4) is 0 Å². The zero-order valence-electron chi connectivity index (χ0n) is 14.9. The van der Waals surface area contributed by atoms with Gasteiger partial charge in [-0.05, 0) is 37.0 Å². The number of anilines is 2. The molecule has 1 aromatic carbocycles. The number of carbonyl (C=O) groups excluding carboxylic acids is 1. The van der Waals surface area contributed by atoms with Crippen LogP contribution in [0.5, 0.6) is 0 Å². The van der Waals surface area contributed by atoms with Gasteiger partial charge in [-0.1, -0.05) is 25.1 Å². The molecule has 0 aliphatic carbocycles. The lowest BCUT2D eigenvalue weighted by atomic mass is 10.0. The first kappa shape index (κ1) is 17.0. The van der Waals surface area contributed by atoms with Crippen molar-refractivity contribution in [3.05, 3.63) is 47.1 Å². The Morgan fingerprint density at radius 3 is 3.08 bits per heavy atom. The van der Waals surface area contributed by atoms with Gasteiger partial charge in [0.15, 0.2) is 0 Å². The molecule has 26 heavy (non-hydrogen) atoms. The van der Waals surface area contributed by atoms with E-state index >= 15 is 0 Å². The highest BCUT2D eigenvalue weighted by Crippen LogP contribution is 2.29. The summed E-state index contributed by atoms with van der Waals surface area (Å²) >= 11 is 1.70. The van der Waals surface area contributed by atoms with Crippen molar-refractivity contribution in [2.45, 2.75) is 32.6 Å². The van der Waals surface area contributed by atoms with Crippen LogP contribution >= 0.6 is 11.3 Å². The summed E-state index contributed by atoms with van der Waals surface area (Å²) in [7, 11) is 0. The van der Waals surface area contributed by atoms with Gasteiger partial charge in [0.2, 0.25) is 5.91 Å². The number of carbonyl (C=O) groups is 1. The minimum atomic E-state index is 0.162. The second-order valence-electron chi connectivity index (χ2n) is 6.46. The predicted octanol–water partition coefficient (Wildman–Crippen LogP) is 4.04. The zero-order chi connectivity index (χ0) is 17.9. The molecule has 0 bridgehead atoms. The molecule has 5 nitrogen and oxygen atoms in total. The fourth-order valence-electron chi connectivity index (χ4n) is 3.44. The summed E-state index contributed by atoms with van der Waals surface area (Å²) in [5.74, 6) is 0.979. The second-order valence-corrected chi connectivity index (χ2v) is 7.58. The lowest BCUT2D eigenvalue weighted by Crippen LogP contribution is -2.36. The number of nitrogens with one attached hydrogen (secondary N) is 1. The Hall–Kier alpha value is -2.47. The lowest BCUT2D eigenvalue weighted by molar-refractivity contribution is -0.118. The highest BCUT2D eigenvalue weighted by Gasteiger charge is 2.21. The van der Waals surface area contributed by atoms with Crippen molar-refractivity contribution in [1.29, 1.82) is 0 Å². The van der Waals surface area contributed by atoms with Gasteiger partial charge in [0.05, 0.1) is 5.39 Å². The summed E-state index contributed by atoms with van der Waals surface area (Å²) < 4.78 is 0. The minimum Gasteiger partial charge on any atom is -0.369 e. The SMILES string of the molecule is CCc1cc2c(NCCC(=O)N3CCCc4ccccc43)ncnc2s1. The number of hydrogen-bond donors (Lipinski definition) is 1. The molecule has 0 spiro atoms. The van der Waals surface area contributed by atoms with Crippen molar-refractivity contribution in [2.75, 3.05) is 23.3 Å². The Bertz CT molecular complexity index is 936. The van der Waals surface area contributed by atoms with Crippen molar-refractivity contribution < 1.29 is 4.79 Å². The third kappa shape index (κ3) is 3.29. The van der Waals surface area contributed by atoms with Crippen LogP contribution in [0, 0.1) is 0 Å². The van der Waals surface area contributed by atoms with Crippen molar-refractivity contribution >= 4 is 39.0 Å². The van der Waals surface area contributed by atoms with Crippen molar-refractivity contribution in [3.8, 4) is 0 Å². The van der Waals surface area contributed by atoms with Gasteiger partial charge in [-0.15, -0.1) is 11.3 Å². The summed E-state index contributed by atoms with van der Waals surface area (Å²) in [5, 5.41) is 4.37. The first-order valence-corrected chi connectivity index (χ1v) is 9.93. The highest BCUT2D eigenvalue weighted by molar-refractivity contribution is 7.18. The smallest absolute Gasteiger partial charge is 0.228 e. The van der Waals surface area contributed by atoms with E-state index in [0.29, 0.717) is 13.0 Å². The maximum atomic E-state index is 12.7. The molecule has 1 amide bonds. The van der Waals surface area contributed by atoms with Crippen molar-refractivity contribution in [1.82, 2.24) is 9.97 Å². The number of hydrogen-bond acceptors (Lipinski definition) is 5. The van der Waals surface area contributed by atoms with Crippen LogP contribution in [0.2, 0.25) is 0 Å². The lowest BCUT2D eigenvalue weighted by Gasteiger charge is -2.29.